The Hall–Kier alpha value is -1.75. The summed E-state index contributed by atoms with van der Waals surface area (Å²) in [5.74, 6) is 0.836. The zero-order valence-corrected chi connectivity index (χ0v) is 12.5. The second kappa shape index (κ2) is 7.31. The predicted molar refractivity (Wildman–Crippen MR) is 81.5 cm³/mol. The maximum absolute atomic E-state index is 12.2. The number of hydrogen-bond donors (Lipinski definition) is 3. The van der Waals surface area contributed by atoms with Gasteiger partial charge in [-0.15, -0.1) is 0 Å². The molecule has 0 spiro atoms. The first-order valence-corrected chi connectivity index (χ1v) is 7.51. The Morgan fingerprint density at radius 3 is 2.76 bits per heavy atom. The van der Waals surface area contributed by atoms with Gasteiger partial charge in [0.05, 0.1) is 12.7 Å². The molecular weight excluding hydrogens is 268 g/mol. The van der Waals surface area contributed by atoms with E-state index in [0.29, 0.717) is 30.7 Å². The van der Waals surface area contributed by atoms with Crippen molar-refractivity contribution in [2.24, 2.45) is 17.6 Å². The molecule has 0 bridgehead atoms. The van der Waals surface area contributed by atoms with Crippen molar-refractivity contribution in [1.82, 2.24) is 5.32 Å². The van der Waals surface area contributed by atoms with Crippen molar-refractivity contribution in [3.8, 4) is 11.5 Å². The monoisotopic (exact) mass is 292 g/mol. The number of nitrogens with one attached hydrogen (secondary N) is 1. The molecule has 1 aromatic carbocycles. The summed E-state index contributed by atoms with van der Waals surface area (Å²) < 4.78 is 5.02. The van der Waals surface area contributed by atoms with Gasteiger partial charge in [-0.3, -0.25) is 4.79 Å². The van der Waals surface area contributed by atoms with E-state index in [-0.39, 0.29) is 17.2 Å². The minimum atomic E-state index is -0.271. The van der Waals surface area contributed by atoms with Crippen LogP contribution >= 0.6 is 0 Å². The van der Waals surface area contributed by atoms with Crippen LogP contribution < -0.4 is 15.8 Å². The lowest BCUT2D eigenvalue weighted by atomic mass is 9.79. The molecule has 1 saturated carbocycles. The summed E-state index contributed by atoms with van der Waals surface area (Å²) in [4.78, 5) is 12.2. The molecule has 1 aliphatic carbocycles. The molecule has 0 radical (unpaired) electrons. The molecule has 1 amide bonds. The molecule has 5 heteroatoms. The van der Waals surface area contributed by atoms with Crippen LogP contribution in [0.25, 0.3) is 0 Å². The normalized spacial score (nSPS) is 21.8. The summed E-state index contributed by atoms with van der Waals surface area (Å²) in [6.45, 7) is 1.28. The van der Waals surface area contributed by atoms with Crippen LogP contribution in [0, 0.1) is 11.8 Å². The molecule has 5 nitrogen and oxygen atoms in total. The van der Waals surface area contributed by atoms with Gasteiger partial charge in [0, 0.05) is 6.54 Å². The Morgan fingerprint density at radius 1 is 1.38 bits per heavy atom. The summed E-state index contributed by atoms with van der Waals surface area (Å²) >= 11 is 0. The summed E-state index contributed by atoms with van der Waals surface area (Å²) in [5, 5.41) is 12.9. The van der Waals surface area contributed by atoms with Gasteiger partial charge in [0.25, 0.3) is 5.91 Å². The maximum Gasteiger partial charge on any atom is 0.255 e. The highest BCUT2D eigenvalue weighted by Crippen LogP contribution is 2.30. The first kappa shape index (κ1) is 15.6. The number of carbonyl (C=O) groups is 1. The largest absolute Gasteiger partial charge is 0.504 e. The van der Waals surface area contributed by atoms with E-state index >= 15 is 0 Å². The third-order valence-corrected chi connectivity index (χ3v) is 4.36. The number of rotatable bonds is 5. The molecule has 0 heterocycles. The van der Waals surface area contributed by atoms with Gasteiger partial charge in [0.2, 0.25) is 0 Å². The van der Waals surface area contributed by atoms with Crippen molar-refractivity contribution in [2.75, 3.05) is 20.2 Å². The van der Waals surface area contributed by atoms with Gasteiger partial charge < -0.3 is 20.9 Å². The lowest BCUT2D eigenvalue weighted by Crippen LogP contribution is -2.36. The van der Waals surface area contributed by atoms with Gasteiger partial charge in [0.1, 0.15) is 0 Å². The third kappa shape index (κ3) is 3.67. The van der Waals surface area contributed by atoms with E-state index in [1.165, 1.54) is 20.0 Å². The number of benzene rings is 1. The molecule has 21 heavy (non-hydrogen) atoms. The molecular formula is C16H24N2O3. The van der Waals surface area contributed by atoms with Gasteiger partial charge in [-0.2, -0.15) is 0 Å². The molecule has 4 N–H and O–H groups in total. The molecule has 2 atom stereocenters. The minimum absolute atomic E-state index is 0.114. The standard InChI is InChI=1S/C16H24N2O3/c1-21-14-8-4-7-13(15(14)19)16(20)18-10-12-6-3-2-5-11(12)9-17/h4,7-8,11-12,19H,2-3,5-6,9-10,17H2,1H3,(H,18,20). The van der Waals surface area contributed by atoms with E-state index in [0.717, 1.165) is 12.8 Å². The summed E-state index contributed by atoms with van der Waals surface area (Å²) in [7, 11) is 1.46. The fourth-order valence-corrected chi connectivity index (χ4v) is 3.05. The van der Waals surface area contributed by atoms with Crippen LogP contribution in [-0.2, 0) is 0 Å². The summed E-state index contributed by atoms with van der Waals surface area (Å²) in [5.41, 5.74) is 6.05. The highest BCUT2D eigenvalue weighted by Gasteiger charge is 2.25. The number of phenolic OH excluding ortho intramolecular Hbond substituents is 1. The van der Waals surface area contributed by atoms with E-state index < -0.39 is 0 Å². The molecule has 116 valence electrons. The molecule has 0 aliphatic heterocycles. The number of phenols is 1. The number of hydrogen-bond acceptors (Lipinski definition) is 4. The first-order chi connectivity index (χ1) is 10.2. The van der Waals surface area contributed by atoms with E-state index in [1.54, 1.807) is 18.2 Å². The highest BCUT2D eigenvalue weighted by atomic mass is 16.5. The van der Waals surface area contributed by atoms with Crippen molar-refractivity contribution in [2.45, 2.75) is 25.7 Å². The van der Waals surface area contributed by atoms with Crippen molar-refractivity contribution >= 4 is 5.91 Å². The van der Waals surface area contributed by atoms with E-state index in [2.05, 4.69) is 5.32 Å². The smallest absolute Gasteiger partial charge is 0.255 e. The van der Waals surface area contributed by atoms with Crippen LogP contribution in [0.2, 0.25) is 0 Å². The second-order valence-electron chi connectivity index (χ2n) is 5.61. The van der Waals surface area contributed by atoms with Crippen LogP contribution in [0.5, 0.6) is 11.5 Å². The van der Waals surface area contributed by atoms with E-state index in [9.17, 15) is 9.90 Å². The van der Waals surface area contributed by atoms with Gasteiger partial charge in [-0.1, -0.05) is 18.9 Å². The van der Waals surface area contributed by atoms with Crippen LogP contribution in [0.15, 0.2) is 18.2 Å². The lowest BCUT2D eigenvalue weighted by Gasteiger charge is -2.30. The number of ether oxygens (including phenoxy) is 1. The number of aromatic hydroxyl groups is 1. The summed E-state index contributed by atoms with van der Waals surface area (Å²) in [6.07, 6.45) is 4.66. The summed E-state index contributed by atoms with van der Waals surface area (Å²) in [6, 6.07) is 4.91. The maximum atomic E-state index is 12.2. The Labute approximate surface area is 125 Å². The first-order valence-electron chi connectivity index (χ1n) is 7.51. The van der Waals surface area contributed by atoms with Crippen molar-refractivity contribution in [1.29, 1.82) is 0 Å². The molecule has 2 unspecified atom stereocenters. The van der Waals surface area contributed by atoms with Crippen molar-refractivity contribution in [3.05, 3.63) is 23.8 Å². The van der Waals surface area contributed by atoms with Crippen LogP contribution in [0.3, 0.4) is 0 Å². The van der Waals surface area contributed by atoms with Crippen LogP contribution in [-0.4, -0.2) is 31.2 Å². The topological polar surface area (TPSA) is 84.6 Å². The van der Waals surface area contributed by atoms with Gasteiger partial charge >= 0.3 is 0 Å². The van der Waals surface area contributed by atoms with E-state index in [1.807, 2.05) is 0 Å². The highest BCUT2D eigenvalue weighted by molar-refractivity contribution is 5.97. The fourth-order valence-electron chi connectivity index (χ4n) is 3.05. The number of para-hydroxylation sites is 1. The molecule has 1 aromatic rings. The number of nitrogens with two attached hydrogens (primary N) is 1. The van der Waals surface area contributed by atoms with E-state index in [4.69, 9.17) is 10.5 Å². The Bertz CT molecular complexity index is 490. The zero-order valence-electron chi connectivity index (χ0n) is 12.5. The molecule has 0 aromatic heterocycles. The van der Waals surface area contributed by atoms with Crippen molar-refractivity contribution < 1.29 is 14.6 Å². The Balaban J connectivity index is 1.98. The van der Waals surface area contributed by atoms with Gasteiger partial charge in [0.15, 0.2) is 11.5 Å². The Kier molecular flexibility index (Phi) is 5.44. The van der Waals surface area contributed by atoms with Crippen LogP contribution in [0.4, 0.5) is 0 Å². The number of carbonyl (C=O) groups excluding carboxylic acids is 1. The lowest BCUT2D eigenvalue weighted by molar-refractivity contribution is 0.0932. The SMILES string of the molecule is COc1cccc(C(=O)NCC2CCCCC2CN)c1O. The molecule has 1 aliphatic rings. The fraction of sp³-hybridized carbons (Fsp3) is 0.562. The zero-order chi connectivity index (χ0) is 15.2. The van der Waals surface area contributed by atoms with Gasteiger partial charge in [-0.05, 0) is 43.4 Å². The minimum Gasteiger partial charge on any atom is -0.504 e. The van der Waals surface area contributed by atoms with Crippen LogP contribution in [0.1, 0.15) is 36.0 Å². The third-order valence-electron chi connectivity index (χ3n) is 4.36. The van der Waals surface area contributed by atoms with Gasteiger partial charge in [-0.25, -0.2) is 0 Å². The van der Waals surface area contributed by atoms with Crippen molar-refractivity contribution in [3.63, 3.8) is 0 Å². The molecule has 2 rings (SSSR count). The average Bonchev–Trinajstić information content (AvgIpc) is 2.53. The Morgan fingerprint density at radius 2 is 2.10 bits per heavy atom. The number of methoxy groups -OCH3 is 1. The predicted octanol–water partition coefficient (Wildman–Crippen LogP) is 1.90. The average molecular weight is 292 g/mol. The second-order valence-corrected chi connectivity index (χ2v) is 5.61. The quantitative estimate of drug-likeness (QED) is 0.774. The molecule has 1 fully saturated rings. The molecule has 0 saturated heterocycles. The number of amides is 1.